The molecule has 59 valence electrons. The molecule has 0 saturated heterocycles. The van der Waals surface area contributed by atoms with Gasteiger partial charge in [-0.3, -0.25) is 9.36 Å². The van der Waals surface area contributed by atoms with Crippen LogP contribution in [0.25, 0.3) is 0 Å². The van der Waals surface area contributed by atoms with E-state index in [0.29, 0.717) is 0 Å². The largest absolute Gasteiger partial charge is 0.325 e. The van der Waals surface area contributed by atoms with Gasteiger partial charge in [-0.2, -0.15) is 0 Å². The van der Waals surface area contributed by atoms with E-state index in [-0.39, 0.29) is 12.6 Å². The maximum atomic E-state index is 10.2. The Labute approximate surface area is 58.4 Å². The lowest BCUT2D eigenvalue weighted by atomic mass is 10.3. The summed E-state index contributed by atoms with van der Waals surface area (Å²) in [6.07, 6.45) is 1.04. The summed E-state index contributed by atoms with van der Waals surface area (Å²) in [5, 5.41) is 0. The van der Waals surface area contributed by atoms with Gasteiger partial charge in [0.15, 0.2) is 0 Å². The molecule has 1 radical (unpaired) electrons. The third-order valence-corrected chi connectivity index (χ3v) is 1.72. The van der Waals surface area contributed by atoms with Crippen LogP contribution in [0.2, 0.25) is 0 Å². The highest BCUT2D eigenvalue weighted by molar-refractivity contribution is 7.51. The fraction of sp³-hybridized carbons (Fsp3) is 0.750. The molecule has 6 heteroatoms. The van der Waals surface area contributed by atoms with Crippen molar-refractivity contribution in [2.75, 3.05) is 6.16 Å². The Bertz CT molecular complexity index is 153. The molecule has 10 heavy (non-hydrogen) atoms. The van der Waals surface area contributed by atoms with Gasteiger partial charge in [0.2, 0.25) is 6.29 Å². The predicted octanol–water partition coefficient (Wildman–Crippen LogP) is -1.01. The van der Waals surface area contributed by atoms with Crippen LogP contribution in [0.4, 0.5) is 0 Å². The Hall–Kier alpha value is -0.220. The molecular weight excluding hydrogens is 157 g/mol. The molecule has 0 heterocycles. The zero-order valence-electron chi connectivity index (χ0n) is 5.23. The molecule has 0 aromatic rings. The highest BCUT2D eigenvalue weighted by Crippen LogP contribution is 2.34. The van der Waals surface area contributed by atoms with Crippen LogP contribution in [0.5, 0.6) is 0 Å². The van der Waals surface area contributed by atoms with Crippen LogP contribution in [-0.4, -0.2) is 28.3 Å². The summed E-state index contributed by atoms with van der Waals surface area (Å²) >= 11 is 0. The number of hydrogen-bond acceptors (Lipinski definition) is 3. The Morgan fingerprint density at radius 2 is 2.10 bits per heavy atom. The molecule has 4 N–H and O–H groups in total. The first-order valence-corrected chi connectivity index (χ1v) is 4.43. The van der Waals surface area contributed by atoms with Gasteiger partial charge in [0.05, 0.1) is 12.2 Å². The van der Waals surface area contributed by atoms with Crippen LogP contribution >= 0.6 is 7.60 Å². The van der Waals surface area contributed by atoms with Crippen molar-refractivity contribution < 1.29 is 19.1 Å². The standard InChI is InChI=1S/C4H9NO4P/c5-4(3-6)1-2-10(7,8)9/h4H,1-2,5H2,(H2,7,8,9). The van der Waals surface area contributed by atoms with Crippen molar-refractivity contribution in [3.05, 3.63) is 0 Å². The van der Waals surface area contributed by atoms with E-state index in [2.05, 4.69) is 0 Å². The molecule has 0 bridgehead atoms. The Morgan fingerprint density at radius 3 is 2.40 bits per heavy atom. The van der Waals surface area contributed by atoms with Crippen molar-refractivity contribution in [1.29, 1.82) is 0 Å². The SMILES string of the molecule is NC([C]=O)CCP(=O)(O)O. The summed E-state index contributed by atoms with van der Waals surface area (Å²) in [5.74, 6) is 0. The van der Waals surface area contributed by atoms with Crippen molar-refractivity contribution in [3.63, 3.8) is 0 Å². The average molecular weight is 166 g/mol. The second kappa shape index (κ2) is 3.83. The molecule has 0 aliphatic heterocycles. The van der Waals surface area contributed by atoms with E-state index in [0.717, 1.165) is 0 Å². The third kappa shape index (κ3) is 5.91. The lowest BCUT2D eigenvalue weighted by molar-refractivity contribution is 0.371. The van der Waals surface area contributed by atoms with Crippen LogP contribution < -0.4 is 5.73 Å². The first-order chi connectivity index (χ1) is 4.45. The van der Waals surface area contributed by atoms with Gasteiger partial charge in [0.1, 0.15) is 0 Å². The number of nitrogens with two attached hydrogens (primary N) is 1. The maximum absolute atomic E-state index is 10.2. The minimum Gasteiger partial charge on any atom is -0.324 e. The normalized spacial score (nSPS) is 14.7. The topological polar surface area (TPSA) is 101 Å². The van der Waals surface area contributed by atoms with E-state index in [4.69, 9.17) is 15.5 Å². The maximum Gasteiger partial charge on any atom is 0.325 e. The van der Waals surface area contributed by atoms with E-state index in [9.17, 15) is 9.36 Å². The average Bonchev–Trinajstić information content (AvgIpc) is 1.81. The lowest BCUT2D eigenvalue weighted by Gasteiger charge is -2.03. The van der Waals surface area contributed by atoms with Gasteiger partial charge < -0.3 is 15.5 Å². The van der Waals surface area contributed by atoms with Crippen LogP contribution in [-0.2, 0) is 9.36 Å². The lowest BCUT2D eigenvalue weighted by Crippen LogP contribution is -2.22. The van der Waals surface area contributed by atoms with Crippen molar-refractivity contribution in [2.45, 2.75) is 12.5 Å². The summed E-state index contributed by atoms with van der Waals surface area (Å²) in [7, 11) is -3.99. The molecule has 0 amide bonds. The Morgan fingerprint density at radius 1 is 1.60 bits per heavy atom. The molecule has 0 aromatic carbocycles. The van der Waals surface area contributed by atoms with Crippen molar-refractivity contribution in [1.82, 2.24) is 0 Å². The van der Waals surface area contributed by atoms with Gasteiger partial charge in [-0.05, 0) is 6.42 Å². The quantitative estimate of drug-likeness (QED) is 0.464. The predicted molar refractivity (Wildman–Crippen MR) is 35.2 cm³/mol. The second-order valence-electron chi connectivity index (χ2n) is 1.90. The molecule has 0 aliphatic rings. The zero-order chi connectivity index (χ0) is 8.20. The fourth-order valence-corrected chi connectivity index (χ4v) is 0.981. The van der Waals surface area contributed by atoms with Gasteiger partial charge in [-0.15, -0.1) is 0 Å². The monoisotopic (exact) mass is 166 g/mol. The highest BCUT2D eigenvalue weighted by Gasteiger charge is 2.14. The van der Waals surface area contributed by atoms with Gasteiger partial charge in [0, 0.05) is 0 Å². The molecule has 1 atom stereocenters. The Balaban J connectivity index is 3.55. The summed E-state index contributed by atoms with van der Waals surface area (Å²) in [6.45, 7) is 0. The highest BCUT2D eigenvalue weighted by atomic mass is 31.2. The molecule has 0 rings (SSSR count). The van der Waals surface area contributed by atoms with E-state index < -0.39 is 13.6 Å². The second-order valence-corrected chi connectivity index (χ2v) is 3.68. The molecule has 0 fully saturated rings. The van der Waals surface area contributed by atoms with Crippen LogP contribution in [0, 0.1) is 0 Å². The summed E-state index contributed by atoms with van der Waals surface area (Å²) in [6, 6.07) is -0.882. The fourth-order valence-electron chi connectivity index (χ4n) is 0.366. The number of rotatable bonds is 4. The molecule has 0 spiro atoms. The minimum atomic E-state index is -3.99. The van der Waals surface area contributed by atoms with Crippen LogP contribution in [0.3, 0.4) is 0 Å². The van der Waals surface area contributed by atoms with Crippen molar-refractivity contribution in [3.8, 4) is 0 Å². The molecule has 0 aromatic heterocycles. The van der Waals surface area contributed by atoms with E-state index in [1.807, 2.05) is 0 Å². The third-order valence-electron chi connectivity index (χ3n) is 0.883. The summed E-state index contributed by atoms with van der Waals surface area (Å²) in [5.41, 5.74) is 5.01. The number of hydrogen-bond donors (Lipinski definition) is 3. The van der Waals surface area contributed by atoms with Crippen molar-refractivity contribution in [2.24, 2.45) is 5.73 Å². The van der Waals surface area contributed by atoms with Crippen LogP contribution in [0.15, 0.2) is 0 Å². The molecule has 0 saturated carbocycles. The van der Waals surface area contributed by atoms with Gasteiger partial charge in [-0.1, -0.05) is 0 Å². The Kier molecular flexibility index (Phi) is 3.75. The number of carbonyl (C=O) groups excluding carboxylic acids is 1. The molecule has 0 aliphatic carbocycles. The zero-order valence-corrected chi connectivity index (χ0v) is 6.12. The van der Waals surface area contributed by atoms with E-state index >= 15 is 0 Å². The first-order valence-electron chi connectivity index (χ1n) is 2.63. The smallest absolute Gasteiger partial charge is 0.324 e. The van der Waals surface area contributed by atoms with Crippen molar-refractivity contribution >= 4 is 13.9 Å². The van der Waals surface area contributed by atoms with Gasteiger partial charge in [-0.25, -0.2) is 0 Å². The molecule has 1 unspecified atom stereocenters. The summed E-state index contributed by atoms with van der Waals surface area (Å²) < 4.78 is 10.2. The van der Waals surface area contributed by atoms with E-state index in [1.54, 1.807) is 0 Å². The van der Waals surface area contributed by atoms with Gasteiger partial charge >= 0.3 is 7.60 Å². The molecule has 5 nitrogen and oxygen atoms in total. The van der Waals surface area contributed by atoms with Crippen LogP contribution in [0.1, 0.15) is 6.42 Å². The molecular formula is C4H9NO4P. The first kappa shape index (κ1) is 9.78. The summed E-state index contributed by atoms with van der Waals surface area (Å²) in [4.78, 5) is 26.3. The van der Waals surface area contributed by atoms with E-state index in [1.165, 1.54) is 6.29 Å². The van der Waals surface area contributed by atoms with Gasteiger partial charge in [0.25, 0.3) is 0 Å². The minimum absolute atomic E-state index is 0.0201.